The second kappa shape index (κ2) is 8.19. The summed E-state index contributed by atoms with van der Waals surface area (Å²) in [4.78, 5) is 35.6. The maximum absolute atomic E-state index is 11.5. The molecule has 3 atom stereocenters. The van der Waals surface area contributed by atoms with E-state index in [2.05, 4.69) is 5.10 Å². The number of aromatic amines is 1. The smallest absolute Gasteiger partial charge is 0.328 e. The minimum Gasteiger partial charge on any atom is -0.394 e. The van der Waals surface area contributed by atoms with E-state index in [-0.39, 0.29) is 0 Å². The molecule has 0 aliphatic rings. The number of hydrogen-bond donors (Lipinski definition) is 6. The summed E-state index contributed by atoms with van der Waals surface area (Å²) in [7, 11) is 0. The predicted octanol–water partition coefficient (Wildman–Crippen LogP) is -4.29. The quantitative estimate of drug-likeness (QED) is 0.218. The van der Waals surface area contributed by atoms with Gasteiger partial charge in [0.25, 0.3) is 11.5 Å². The summed E-state index contributed by atoms with van der Waals surface area (Å²) in [5, 5.41) is 39.7. The third-order valence-corrected chi connectivity index (χ3v) is 2.56. The van der Waals surface area contributed by atoms with Crippen LogP contribution in [-0.2, 0) is 11.3 Å². The van der Waals surface area contributed by atoms with E-state index in [4.69, 9.17) is 10.2 Å². The molecule has 22 heavy (non-hydrogen) atoms. The zero-order chi connectivity index (χ0) is 16.7. The van der Waals surface area contributed by atoms with Crippen LogP contribution in [0.5, 0.6) is 0 Å². The van der Waals surface area contributed by atoms with Crippen LogP contribution >= 0.6 is 0 Å². The molecule has 1 aromatic rings. The third kappa shape index (κ3) is 5.21. The summed E-state index contributed by atoms with van der Waals surface area (Å²) in [5.74, 6) is -0.727. The van der Waals surface area contributed by atoms with Gasteiger partial charge in [-0.3, -0.25) is 19.1 Å². The predicted molar refractivity (Wildman–Crippen MR) is 73.1 cm³/mol. The van der Waals surface area contributed by atoms with Gasteiger partial charge in [-0.05, 0) is 0 Å². The van der Waals surface area contributed by atoms with Crippen LogP contribution in [0.2, 0.25) is 0 Å². The van der Waals surface area contributed by atoms with Gasteiger partial charge in [-0.2, -0.15) is 5.10 Å². The average Bonchev–Trinajstić information content (AvgIpc) is 2.48. The molecule has 6 N–H and O–H groups in total. The Morgan fingerprint density at radius 3 is 2.68 bits per heavy atom. The first-order valence-electron chi connectivity index (χ1n) is 6.12. The summed E-state index contributed by atoms with van der Waals surface area (Å²) in [6.45, 7) is -1.18. The van der Waals surface area contributed by atoms with Gasteiger partial charge in [-0.25, -0.2) is 10.2 Å². The summed E-state index contributed by atoms with van der Waals surface area (Å²) < 4.78 is 0.924. The maximum Gasteiger partial charge on any atom is 0.328 e. The lowest BCUT2D eigenvalue weighted by Gasteiger charge is -2.17. The largest absolute Gasteiger partial charge is 0.394 e. The van der Waals surface area contributed by atoms with Gasteiger partial charge in [0.05, 0.1) is 12.8 Å². The number of H-pyrrole nitrogens is 1. The Bertz CT molecular complexity index is 638. The Labute approximate surface area is 123 Å². The number of nitrogens with one attached hydrogen (secondary N) is 2. The molecule has 0 aliphatic heterocycles. The van der Waals surface area contributed by atoms with Gasteiger partial charge < -0.3 is 20.4 Å². The van der Waals surface area contributed by atoms with Crippen molar-refractivity contribution in [1.82, 2.24) is 15.0 Å². The summed E-state index contributed by atoms with van der Waals surface area (Å²) in [6, 6.07) is 1.06. The van der Waals surface area contributed by atoms with E-state index in [1.165, 1.54) is 0 Å². The Kier molecular flexibility index (Phi) is 6.59. The van der Waals surface area contributed by atoms with Crippen molar-refractivity contribution in [3.63, 3.8) is 0 Å². The van der Waals surface area contributed by atoms with Crippen molar-refractivity contribution in [2.45, 2.75) is 24.9 Å². The number of hydrazone groups is 1. The van der Waals surface area contributed by atoms with Crippen LogP contribution in [0.15, 0.2) is 27.0 Å². The molecule has 0 bridgehead atoms. The number of hydrogen-bond acceptors (Lipinski definition) is 8. The molecule has 0 saturated heterocycles. The van der Waals surface area contributed by atoms with Crippen LogP contribution in [0, 0.1) is 0 Å². The molecule has 122 valence electrons. The highest BCUT2D eigenvalue weighted by Gasteiger charge is 2.22. The molecule has 0 unspecified atom stereocenters. The number of amides is 1. The van der Waals surface area contributed by atoms with Crippen molar-refractivity contribution in [2.75, 3.05) is 6.61 Å². The minimum absolute atomic E-state index is 0.426. The van der Waals surface area contributed by atoms with Crippen LogP contribution in [0.3, 0.4) is 0 Å². The highest BCUT2D eigenvalue weighted by Crippen LogP contribution is 1.97. The second-order valence-electron chi connectivity index (χ2n) is 4.28. The summed E-state index contributed by atoms with van der Waals surface area (Å²) in [5.41, 5.74) is 0.611. The lowest BCUT2D eigenvalue weighted by Crippen LogP contribution is -2.40. The first-order valence-corrected chi connectivity index (χ1v) is 6.12. The molecule has 0 spiro atoms. The normalized spacial score (nSPS) is 15.5. The Balaban J connectivity index is 2.54. The first kappa shape index (κ1) is 17.7. The van der Waals surface area contributed by atoms with Crippen molar-refractivity contribution in [2.24, 2.45) is 5.10 Å². The highest BCUT2D eigenvalue weighted by atomic mass is 16.4. The fourth-order valence-electron chi connectivity index (χ4n) is 1.37. The van der Waals surface area contributed by atoms with E-state index >= 15 is 0 Å². The van der Waals surface area contributed by atoms with E-state index in [1.807, 2.05) is 10.4 Å². The van der Waals surface area contributed by atoms with Crippen LogP contribution < -0.4 is 16.7 Å². The zero-order valence-corrected chi connectivity index (χ0v) is 11.3. The van der Waals surface area contributed by atoms with Crippen LogP contribution in [0.1, 0.15) is 0 Å². The number of carbonyl (C=O) groups is 1. The summed E-state index contributed by atoms with van der Waals surface area (Å²) >= 11 is 0. The molecule has 0 aromatic carbocycles. The van der Waals surface area contributed by atoms with Crippen molar-refractivity contribution in [3.05, 3.63) is 33.1 Å². The van der Waals surface area contributed by atoms with Crippen LogP contribution in [0.25, 0.3) is 0 Å². The van der Waals surface area contributed by atoms with Gasteiger partial charge in [-0.15, -0.1) is 0 Å². The number of aromatic nitrogens is 2. The van der Waals surface area contributed by atoms with Gasteiger partial charge in [-0.1, -0.05) is 0 Å². The van der Waals surface area contributed by atoms with Gasteiger partial charge in [0.15, 0.2) is 0 Å². The zero-order valence-electron chi connectivity index (χ0n) is 11.3. The van der Waals surface area contributed by atoms with E-state index in [0.29, 0.717) is 0 Å². The number of aliphatic hydroxyl groups is 4. The molecule has 1 amide bonds. The first-order chi connectivity index (χ1) is 10.3. The second-order valence-corrected chi connectivity index (χ2v) is 4.28. The Hall–Kier alpha value is -2.34. The average molecular weight is 316 g/mol. The van der Waals surface area contributed by atoms with Crippen LogP contribution in [0.4, 0.5) is 0 Å². The molecular formula is C11H16N4O7. The molecule has 1 heterocycles. The molecule has 1 rings (SSSR count). The lowest BCUT2D eigenvalue weighted by molar-refractivity contribution is -0.121. The molecular weight excluding hydrogens is 300 g/mol. The standard InChI is InChI=1S/C11H16N4O7/c16-5-7(18)10(21)6(17)3-12-14-9(20)4-15-2-1-8(19)13-11(15)22/h1-3,6-7,10,16-18,21H,4-5H2,(H,14,20)(H,13,19,22)/b12-3+/t6-,7-,10+/m1/s1. The minimum atomic E-state index is -1.67. The number of nitrogens with zero attached hydrogens (tertiary/aromatic N) is 2. The Morgan fingerprint density at radius 2 is 2.09 bits per heavy atom. The van der Waals surface area contributed by atoms with Gasteiger partial charge in [0.2, 0.25) is 0 Å². The number of aliphatic hydroxyl groups excluding tert-OH is 4. The molecule has 11 heteroatoms. The molecule has 0 fully saturated rings. The fraction of sp³-hybridized carbons (Fsp3) is 0.455. The Morgan fingerprint density at radius 1 is 1.41 bits per heavy atom. The molecule has 0 radical (unpaired) electrons. The SMILES string of the molecule is O=C(Cn1ccc(=O)[nH]c1=O)N/N=C/[C@@H](O)[C@H](O)[C@H](O)CO. The number of rotatable bonds is 7. The summed E-state index contributed by atoms with van der Waals surface area (Å²) in [6.07, 6.45) is -2.97. The van der Waals surface area contributed by atoms with Crippen LogP contribution in [-0.4, -0.2) is 67.0 Å². The monoisotopic (exact) mass is 316 g/mol. The fourth-order valence-corrected chi connectivity index (χ4v) is 1.37. The highest BCUT2D eigenvalue weighted by molar-refractivity contribution is 5.77. The van der Waals surface area contributed by atoms with E-state index < -0.39 is 48.6 Å². The lowest BCUT2D eigenvalue weighted by atomic mass is 10.1. The van der Waals surface area contributed by atoms with E-state index in [9.17, 15) is 24.6 Å². The molecule has 0 aliphatic carbocycles. The van der Waals surface area contributed by atoms with Gasteiger partial charge >= 0.3 is 5.69 Å². The van der Waals surface area contributed by atoms with E-state index in [0.717, 1.165) is 23.0 Å². The van der Waals surface area contributed by atoms with Gasteiger partial charge in [0, 0.05) is 12.3 Å². The van der Waals surface area contributed by atoms with E-state index in [1.54, 1.807) is 0 Å². The molecule has 11 nitrogen and oxygen atoms in total. The van der Waals surface area contributed by atoms with Gasteiger partial charge in [0.1, 0.15) is 24.9 Å². The van der Waals surface area contributed by atoms with Crippen molar-refractivity contribution < 1.29 is 25.2 Å². The van der Waals surface area contributed by atoms with Crippen molar-refractivity contribution >= 4 is 12.1 Å². The third-order valence-electron chi connectivity index (χ3n) is 2.56. The molecule has 1 aromatic heterocycles. The van der Waals surface area contributed by atoms with Crippen molar-refractivity contribution in [1.29, 1.82) is 0 Å². The maximum atomic E-state index is 11.5. The molecule has 0 saturated carbocycles. The number of carbonyl (C=O) groups excluding carboxylic acids is 1. The topological polar surface area (TPSA) is 177 Å². The van der Waals surface area contributed by atoms with Crippen molar-refractivity contribution in [3.8, 4) is 0 Å².